The van der Waals surface area contributed by atoms with Crippen LogP contribution in [-0.2, 0) is 0 Å². The fourth-order valence-corrected chi connectivity index (χ4v) is 1.40. The van der Waals surface area contributed by atoms with Gasteiger partial charge >= 0.3 is 18.9 Å². The second-order valence-corrected chi connectivity index (χ2v) is 2.71. The summed E-state index contributed by atoms with van der Waals surface area (Å²) in [7, 11) is 0. The normalized spacial score (nSPS) is 9.58. The van der Waals surface area contributed by atoms with Crippen LogP contribution in [0.5, 0.6) is 0 Å². The third-order valence-corrected chi connectivity index (χ3v) is 2.03. The van der Waals surface area contributed by atoms with Crippen molar-refractivity contribution in [2.45, 2.75) is 6.43 Å². The smallest absolute Gasteiger partial charge is 0.544 e. The molecule has 1 heterocycles. The largest absolute Gasteiger partial charge is 1.00 e. The maximum atomic E-state index is 11.9. The molecule has 0 aromatic carbocycles. The quantitative estimate of drug-likeness (QED) is 0.501. The van der Waals surface area contributed by atoms with Gasteiger partial charge in [0.25, 0.3) is 6.43 Å². The van der Waals surface area contributed by atoms with E-state index in [0.717, 1.165) is 17.4 Å². The molecule has 0 aliphatic rings. The van der Waals surface area contributed by atoms with Crippen LogP contribution in [0.25, 0.3) is 0 Å². The zero-order chi connectivity index (χ0) is 8.43. The Bertz CT molecular complexity index is 274. The first-order valence-corrected chi connectivity index (χ1v) is 3.57. The van der Waals surface area contributed by atoms with Crippen LogP contribution in [0.1, 0.15) is 21.7 Å². The minimum Gasteiger partial charge on any atom is -0.544 e. The number of halogens is 2. The summed E-state index contributed by atoms with van der Waals surface area (Å²) in [4.78, 5) is 9.76. The second-order valence-electron chi connectivity index (χ2n) is 1.79. The van der Waals surface area contributed by atoms with Gasteiger partial charge in [0.2, 0.25) is 0 Å². The van der Waals surface area contributed by atoms with Crippen molar-refractivity contribution in [1.29, 1.82) is 0 Å². The van der Waals surface area contributed by atoms with Crippen LogP contribution in [0.15, 0.2) is 11.4 Å². The van der Waals surface area contributed by atoms with E-state index in [1.165, 1.54) is 5.38 Å². The van der Waals surface area contributed by atoms with Crippen molar-refractivity contribution >= 4 is 17.3 Å². The van der Waals surface area contributed by atoms with Crippen molar-refractivity contribution in [1.82, 2.24) is 0 Å². The number of aromatic carboxylic acids is 1. The molecule has 0 saturated heterocycles. The van der Waals surface area contributed by atoms with Crippen molar-refractivity contribution < 1.29 is 37.5 Å². The molecule has 0 amide bonds. The van der Waals surface area contributed by atoms with Crippen molar-refractivity contribution in [2.75, 3.05) is 0 Å². The first-order chi connectivity index (χ1) is 5.13. The summed E-state index contributed by atoms with van der Waals surface area (Å²) in [6, 6.07) is 1.08. The van der Waals surface area contributed by atoms with Crippen molar-refractivity contribution in [3.63, 3.8) is 0 Å². The van der Waals surface area contributed by atoms with E-state index < -0.39 is 18.0 Å². The Morgan fingerprint density at radius 1 is 1.58 bits per heavy atom. The zero-order valence-corrected chi connectivity index (χ0v) is 7.03. The first-order valence-electron chi connectivity index (χ1n) is 2.70. The average Bonchev–Trinajstić information content (AvgIpc) is 2.32. The summed E-state index contributed by atoms with van der Waals surface area (Å²) in [5.74, 6) is -1.55. The van der Waals surface area contributed by atoms with Crippen LogP contribution >= 0.6 is 11.3 Å². The molecule has 60 valence electrons. The summed E-state index contributed by atoms with van der Waals surface area (Å²) in [5, 5.41) is 11.5. The minimum atomic E-state index is -2.74. The fraction of sp³-hybridized carbons (Fsp3) is 0.167. The van der Waals surface area contributed by atoms with Gasteiger partial charge in [-0.15, -0.1) is 11.3 Å². The molecule has 0 unspecified atom stereocenters. The predicted molar refractivity (Wildman–Crippen MR) is 33.6 cm³/mol. The Morgan fingerprint density at radius 2 is 2.17 bits per heavy atom. The number of hydrogen-bond acceptors (Lipinski definition) is 3. The zero-order valence-electron chi connectivity index (χ0n) is 6.21. The molecular formula is C6H3F2LiO2S. The molecule has 1 aromatic rings. The molecule has 1 rings (SSSR count). The van der Waals surface area contributed by atoms with Gasteiger partial charge in [-0.2, -0.15) is 0 Å². The summed E-state index contributed by atoms with van der Waals surface area (Å²) in [6.07, 6.45) is -2.74. The van der Waals surface area contributed by atoms with Crippen LogP contribution < -0.4 is 24.0 Å². The number of alkyl halides is 2. The van der Waals surface area contributed by atoms with Gasteiger partial charge < -0.3 is 9.90 Å². The Labute approximate surface area is 83.4 Å². The van der Waals surface area contributed by atoms with Crippen LogP contribution in [0.2, 0.25) is 0 Å². The molecule has 0 N–H and O–H groups in total. The van der Waals surface area contributed by atoms with Gasteiger partial charge in [0.1, 0.15) is 0 Å². The number of rotatable bonds is 2. The SMILES string of the molecule is O=C([O-])c1sccc1C(F)F.[Li+]. The molecule has 12 heavy (non-hydrogen) atoms. The third-order valence-electron chi connectivity index (χ3n) is 1.12. The number of carbonyl (C=O) groups is 1. The Hall–Kier alpha value is -0.373. The number of hydrogen-bond donors (Lipinski definition) is 0. The number of carboxylic acids is 1. The number of carboxylic acid groups (broad SMARTS) is 1. The Balaban J connectivity index is 0.00000121. The van der Waals surface area contributed by atoms with Gasteiger partial charge in [-0.1, -0.05) is 0 Å². The molecule has 0 saturated carbocycles. The van der Waals surface area contributed by atoms with Crippen LogP contribution in [0.3, 0.4) is 0 Å². The first kappa shape index (κ1) is 11.6. The van der Waals surface area contributed by atoms with E-state index >= 15 is 0 Å². The molecule has 1 aromatic heterocycles. The standard InChI is InChI=1S/C6H4F2O2S.Li/c7-5(8)3-1-2-11-4(3)6(9)10;/h1-2,5H,(H,9,10);/q;+1/p-1. The van der Waals surface area contributed by atoms with E-state index in [1.54, 1.807) is 0 Å². The summed E-state index contributed by atoms with van der Waals surface area (Å²) in [6.45, 7) is 0. The van der Waals surface area contributed by atoms with E-state index in [2.05, 4.69) is 0 Å². The van der Waals surface area contributed by atoms with Gasteiger partial charge in [-0.05, 0) is 11.4 Å². The molecule has 0 bridgehead atoms. The molecule has 0 radical (unpaired) electrons. The van der Waals surface area contributed by atoms with Crippen LogP contribution in [0.4, 0.5) is 8.78 Å². The predicted octanol–water partition coefficient (Wildman–Crippen LogP) is -1.95. The van der Waals surface area contributed by atoms with Gasteiger partial charge in [0.05, 0.1) is 10.8 Å². The fourth-order valence-electron chi connectivity index (χ4n) is 0.657. The van der Waals surface area contributed by atoms with E-state index in [9.17, 15) is 18.7 Å². The summed E-state index contributed by atoms with van der Waals surface area (Å²) in [5.41, 5.74) is -0.463. The Kier molecular flexibility index (Phi) is 4.46. The van der Waals surface area contributed by atoms with Crippen molar-refractivity contribution in [3.05, 3.63) is 21.9 Å². The molecule has 0 aliphatic heterocycles. The van der Waals surface area contributed by atoms with E-state index in [0.29, 0.717) is 0 Å². The topological polar surface area (TPSA) is 40.1 Å². The summed E-state index contributed by atoms with van der Waals surface area (Å²) < 4.78 is 23.9. The molecule has 0 fully saturated rings. The van der Waals surface area contributed by atoms with Crippen molar-refractivity contribution in [3.8, 4) is 0 Å². The molecule has 2 nitrogen and oxygen atoms in total. The summed E-state index contributed by atoms with van der Waals surface area (Å²) >= 11 is 0.744. The van der Waals surface area contributed by atoms with Gasteiger partial charge in [0, 0.05) is 5.56 Å². The van der Waals surface area contributed by atoms with Crippen LogP contribution in [-0.4, -0.2) is 5.97 Å². The third kappa shape index (κ3) is 2.31. The van der Waals surface area contributed by atoms with Crippen LogP contribution in [0, 0.1) is 0 Å². The maximum absolute atomic E-state index is 11.9. The molecular weight excluding hydrogens is 181 g/mol. The van der Waals surface area contributed by atoms with Gasteiger partial charge in [-0.3, -0.25) is 0 Å². The van der Waals surface area contributed by atoms with E-state index in [4.69, 9.17) is 0 Å². The average molecular weight is 184 g/mol. The molecule has 0 spiro atoms. The van der Waals surface area contributed by atoms with Gasteiger partial charge in [-0.25, -0.2) is 8.78 Å². The maximum Gasteiger partial charge on any atom is 1.00 e. The Morgan fingerprint density at radius 3 is 2.50 bits per heavy atom. The van der Waals surface area contributed by atoms with E-state index in [1.807, 2.05) is 0 Å². The second kappa shape index (κ2) is 4.60. The molecule has 6 heteroatoms. The monoisotopic (exact) mass is 184 g/mol. The van der Waals surface area contributed by atoms with E-state index in [-0.39, 0.29) is 23.7 Å². The number of thiophene rings is 1. The minimum absolute atomic E-state index is 0. The molecule has 0 atom stereocenters. The molecule has 0 aliphatic carbocycles. The van der Waals surface area contributed by atoms with Gasteiger partial charge in [0.15, 0.2) is 0 Å². The van der Waals surface area contributed by atoms with Crippen molar-refractivity contribution in [2.24, 2.45) is 0 Å². The number of carbonyl (C=O) groups excluding carboxylic acids is 1.